The summed E-state index contributed by atoms with van der Waals surface area (Å²) in [4.78, 5) is 10.1. The van der Waals surface area contributed by atoms with Crippen LogP contribution in [0.3, 0.4) is 0 Å². The van der Waals surface area contributed by atoms with Crippen LogP contribution in [-0.2, 0) is 0 Å². The zero-order valence-electron chi connectivity index (χ0n) is 7.57. The van der Waals surface area contributed by atoms with Gasteiger partial charge in [0.05, 0.1) is 16.3 Å². The van der Waals surface area contributed by atoms with Crippen LogP contribution in [0.4, 0.5) is 11.4 Å². The minimum atomic E-state index is -0.479. The van der Waals surface area contributed by atoms with Crippen LogP contribution in [0.25, 0.3) is 5.69 Å². The molecule has 0 bridgehead atoms. The molecule has 0 saturated heterocycles. The highest BCUT2D eigenvalue weighted by Gasteiger charge is 2.10. The van der Waals surface area contributed by atoms with Crippen LogP contribution in [0.5, 0.6) is 0 Å². The van der Waals surface area contributed by atoms with Gasteiger partial charge in [-0.15, -0.1) is 10.2 Å². The van der Waals surface area contributed by atoms with Gasteiger partial charge in [-0.1, -0.05) is 0 Å². The summed E-state index contributed by atoms with van der Waals surface area (Å²) >= 11 is 0. The molecular weight excluding hydrogens is 198 g/mol. The number of benzene rings is 1. The molecule has 1 heterocycles. The van der Waals surface area contributed by atoms with Crippen molar-refractivity contribution < 1.29 is 4.92 Å². The van der Waals surface area contributed by atoms with Crippen LogP contribution in [0.2, 0.25) is 0 Å². The van der Waals surface area contributed by atoms with Crippen molar-refractivity contribution in [3.63, 3.8) is 0 Å². The molecule has 2 aromatic rings. The van der Waals surface area contributed by atoms with E-state index in [1.54, 1.807) is 0 Å². The summed E-state index contributed by atoms with van der Waals surface area (Å²) in [6.45, 7) is 0. The van der Waals surface area contributed by atoms with Gasteiger partial charge >= 0.3 is 0 Å². The monoisotopic (exact) mass is 205 g/mol. The van der Waals surface area contributed by atoms with Crippen molar-refractivity contribution in [3.8, 4) is 5.69 Å². The molecule has 0 radical (unpaired) electrons. The molecule has 2 rings (SSSR count). The van der Waals surface area contributed by atoms with Crippen LogP contribution < -0.4 is 5.73 Å². The average Bonchev–Trinajstić information content (AvgIpc) is 2.71. The smallest absolute Gasteiger partial charge is 0.271 e. The fourth-order valence-electron chi connectivity index (χ4n) is 1.19. The molecular formula is C8H7N5O2. The molecule has 76 valence electrons. The summed E-state index contributed by atoms with van der Waals surface area (Å²) in [5.74, 6) is 0. The predicted molar refractivity (Wildman–Crippen MR) is 52.4 cm³/mol. The van der Waals surface area contributed by atoms with Crippen molar-refractivity contribution in [1.82, 2.24) is 14.8 Å². The zero-order valence-corrected chi connectivity index (χ0v) is 7.57. The number of nitrogen functional groups attached to an aromatic ring is 1. The normalized spacial score (nSPS) is 10.1. The number of hydrogen-bond donors (Lipinski definition) is 1. The maximum atomic E-state index is 10.6. The van der Waals surface area contributed by atoms with Crippen molar-refractivity contribution in [1.29, 1.82) is 0 Å². The topological polar surface area (TPSA) is 99.9 Å². The lowest BCUT2D eigenvalue weighted by molar-refractivity contribution is -0.384. The van der Waals surface area contributed by atoms with E-state index in [1.165, 1.54) is 35.4 Å². The first-order valence-electron chi connectivity index (χ1n) is 4.07. The minimum absolute atomic E-state index is 0.0205. The van der Waals surface area contributed by atoms with E-state index in [1.807, 2.05) is 0 Å². The minimum Gasteiger partial charge on any atom is -0.397 e. The number of nitrogens with two attached hydrogens (primary N) is 1. The second-order valence-electron chi connectivity index (χ2n) is 2.87. The van der Waals surface area contributed by atoms with Gasteiger partial charge in [-0.05, 0) is 6.07 Å². The van der Waals surface area contributed by atoms with E-state index in [4.69, 9.17) is 5.73 Å². The fraction of sp³-hybridized carbons (Fsp3) is 0. The van der Waals surface area contributed by atoms with Gasteiger partial charge in [-0.3, -0.25) is 14.7 Å². The largest absolute Gasteiger partial charge is 0.397 e. The standard InChI is InChI=1S/C8H7N5O2/c9-7-2-1-6(13(14)15)3-8(7)12-4-10-11-5-12/h1-5H,9H2. The Balaban J connectivity index is 2.55. The maximum Gasteiger partial charge on any atom is 0.271 e. The lowest BCUT2D eigenvalue weighted by atomic mass is 10.2. The second-order valence-corrected chi connectivity index (χ2v) is 2.87. The number of nitro groups is 1. The maximum absolute atomic E-state index is 10.6. The van der Waals surface area contributed by atoms with Crippen molar-refractivity contribution in [2.75, 3.05) is 5.73 Å². The van der Waals surface area contributed by atoms with Crippen LogP contribution in [0.15, 0.2) is 30.9 Å². The van der Waals surface area contributed by atoms with Gasteiger partial charge in [0.1, 0.15) is 12.7 Å². The molecule has 0 unspecified atom stereocenters. The number of aromatic nitrogens is 3. The molecule has 7 heteroatoms. The summed E-state index contributed by atoms with van der Waals surface area (Å²) in [5, 5.41) is 17.8. The molecule has 7 nitrogen and oxygen atoms in total. The summed E-state index contributed by atoms with van der Waals surface area (Å²) in [6, 6.07) is 4.20. The van der Waals surface area contributed by atoms with Gasteiger partial charge in [-0.25, -0.2) is 0 Å². The van der Waals surface area contributed by atoms with Crippen molar-refractivity contribution >= 4 is 11.4 Å². The van der Waals surface area contributed by atoms with Crippen molar-refractivity contribution in [2.24, 2.45) is 0 Å². The van der Waals surface area contributed by atoms with Gasteiger partial charge in [-0.2, -0.15) is 0 Å². The molecule has 0 aliphatic heterocycles. The Hall–Kier alpha value is -2.44. The lowest BCUT2D eigenvalue weighted by Crippen LogP contribution is -1.99. The first kappa shape index (κ1) is 9.13. The Labute approximate surface area is 84.3 Å². The Morgan fingerprint density at radius 1 is 1.33 bits per heavy atom. The number of hydrogen-bond acceptors (Lipinski definition) is 5. The number of nitrogens with zero attached hydrogens (tertiary/aromatic N) is 4. The number of anilines is 1. The van der Waals surface area contributed by atoms with E-state index in [0.29, 0.717) is 11.4 Å². The second kappa shape index (κ2) is 3.37. The third-order valence-electron chi connectivity index (χ3n) is 1.92. The fourth-order valence-corrected chi connectivity index (χ4v) is 1.19. The first-order valence-corrected chi connectivity index (χ1v) is 4.07. The van der Waals surface area contributed by atoms with Gasteiger partial charge in [0, 0.05) is 12.1 Å². The molecule has 0 spiro atoms. The molecule has 15 heavy (non-hydrogen) atoms. The molecule has 2 N–H and O–H groups in total. The molecule has 0 aliphatic carbocycles. The molecule has 1 aromatic carbocycles. The number of rotatable bonds is 2. The lowest BCUT2D eigenvalue weighted by Gasteiger charge is -2.04. The average molecular weight is 205 g/mol. The summed E-state index contributed by atoms with van der Waals surface area (Å²) in [5.41, 5.74) is 6.59. The van der Waals surface area contributed by atoms with E-state index >= 15 is 0 Å². The van der Waals surface area contributed by atoms with Crippen LogP contribution >= 0.6 is 0 Å². The molecule has 1 aromatic heterocycles. The van der Waals surface area contributed by atoms with E-state index < -0.39 is 4.92 Å². The first-order chi connectivity index (χ1) is 7.18. The molecule has 0 fully saturated rings. The SMILES string of the molecule is Nc1ccc([N+](=O)[O-])cc1-n1cnnc1. The molecule has 0 aliphatic rings. The van der Waals surface area contributed by atoms with E-state index in [0.717, 1.165) is 0 Å². The van der Waals surface area contributed by atoms with Crippen molar-refractivity contribution in [3.05, 3.63) is 41.0 Å². The Morgan fingerprint density at radius 2 is 2.00 bits per heavy atom. The Kier molecular flexibility index (Phi) is 2.05. The van der Waals surface area contributed by atoms with E-state index in [2.05, 4.69) is 10.2 Å². The quantitative estimate of drug-likeness (QED) is 0.443. The molecule has 0 amide bonds. The van der Waals surface area contributed by atoms with E-state index in [9.17, 15) is 10.1 Å². The van der Waals surface area contributed by atoms with E-state index in [-0.39, 0.29) is 5.69 Å². The summed E-state index contributed by atoms with van der Waals surface area (Å²) in [6.07, 6.45) is 2.85. The Bertz CT molecular complexity index is 494. The number of nitro benzene ring substituents is 1. The van der Waals surface area contributed by atoms with Crippen molar-refractivity contribution in [2.45, 2.75) is 0 Å². The Morgan fingerprint density at radius 3 is 2.60 bits per heavy atom. The highest BCUT2D eigenvalue weighted by Crippen LogP contribution is 2.22. The predicted octanol–water partition coefficient (Wildman–Crippen LogP) is 0.758. The van der Waals surface area contributed by atoms with Gasteiger partial charge in [0.25, 0.3) is 5.69 Å². The molecule has 0 saturated carbocycles. The highest BCUT2D eigenvalue weighted by molar-refractivity contribution is 5.61. The zero-order chi connectivity index (χ0) is 10.8. The summed E-state index contributed by atoms with van der Waals surface area (Å²) in [7, 11) is 0. The van der Waals surface area contributed by atoms with Gasteiger partial charge in [0.15, 0.2) is 0 Å². The molecule has 0 atom stereocenters. The van der Waals surface area contributed by atoms with Gasteiger partial charge in [0.2, 0.25) is 0 Å². The summed E-state index contributed by atoms with van der Waals surface area (Å²) < 4.78 is 1.52. The van der Waals surface area contributed by atoms with Gasteiger partial charge < -0.3 is 5.73 Å². The highest BCUT2D eigenvalue weighted by atomic mass is 16.6. The van der Waals surface area contributed by atoms with Crippen LogP contribution in [0, 0.1) is 10.1 Å². The van der Waals surface area contributed by atoms with Crippen LogP contribution in [0.1, 0.15) is 0 Å². The number of non-ortho nitro benzene ring substituents is 1. The third-order valence-corrected chi connectivity index (χ3v) is 1.92. The third kappa shape index (κ3) is 1.62. The van der Waals surface area contributed by atoms with Crippen LogP contribution in [-0.4, -0.2) is 19.7 Å².